The molecule has 3 aromatic rings. The number of imidazole rings is 1. The highest BCUT2D eigenvalue weighted by Gasteiger charge is 2.15. The van der Waals surface area contributed by atoms with Crippen molar-refractivity contribution >= 4 is 34.2 Å². The van der Waals surface area contributed by atoms with Crippen molar-refractivity contribution < 1.29 is 8.91 Å². The van der Waals surface area contributed by atoms with E-state index in [-0.39, 0.29) is 5.02 Å². The molecule has 0 spiro atoms. The molecule has 1 aromatic carbocycles. The lowest BCUT2D eigenvalue weighted by molar-refractivity contribution is 0.386. The first-order valence-electron chi connectivity index (χ1n) is 6.28. The second-order valence-electron chi connectivity index (χ2n) is 4.54. The minimum atomic E-state index is -0.493. The summed E-state index contributed by atoms with van der Waals surface area (Å²) in [4.78, 5) is 8.60. The third-order valence-corrected chi connectivity index (χ3v) is 3.54. The zero-order valence-electron chi connectivity index (χ0n) is 11.1. The van der Waals surface area contributed by atoms with Gasteiger partial charge >= 0.3 is 0 Å². The maximum atomic E-state index is 13.7. The first-order valence-corrected chi connectivity index (χ1v) is 7.19. The van der Waals surface area contributed by atoms with Gasteiger partial charge in [0.05, 0.1) is 22.6 Å². The Kier molecular flexibility index (Phi) is 3.82. The van der Waals surface area contributed by atoms with Crippen LogP contribution in [0, 0.1) is 12.7 Å². The van der Waals surface area contributed by atoms with E-state index in [2.05, 4.69) is 15.1 Å². The van der Waals surface area contributed by atoms with Gasteiger partial charge in [-0.3, -0.25) is 0 Å². The van der Waals surface area contributed by atoms with Gasteiger partial charge in [-0.1, -0.05) is 16.8 Å². The molecule has 0 bridgehead atoms. The highest BCUT2D eigenvalue weighted by Crippen LogP contribution is 2.24. The van der Waals surface area contributed by atoms with E-state index in [1.54, 1.807) is 6.92 Å². The average Bonchev–Trinajstić information content (AvgIpc) is 2.97. The summed E-state index contributed by atoms with van der Waals surface area (Å²) in [6.07, 6.45) is 0.548. The van der Waals surface area contributed by atoms with Gasteiger partial charge in [0, 0.05) is 25.3 Å². The number of rotatable bonds is 4. The molecule has 5 nitrogen and oxygen atoms in total. The summed E-state index contributed by atoms with van der Waals surface area (Å²) >= 11 is 11.6. The Morgan fingerprint density at radius 2 is 2.14 bits per heavy atom. The fraction of sp³-hybridized carbons (Fsp3) is 0.308. The van der Waals surface area contributed by atoms with Crippen LogP contribution in [0.3, 0.4) is 0 Å². The van der Waals surface area contributed by atoms with Crippen molar-refractivity contribution in [3.05, 3.63) is 40.5 Å². The first-order chi connectivity index (χ1) is 10.1. The monoisotopic (exact) mass is 328 g/mol. The lowest BCUT2D eigenvalue weighted by atomic mass is 10.3. The Bertz CT molecular complexity index is 799. The van der Waals surface area contributed by atoms with Crippen LogP contribution in [0.2, 0.25) is 5.02 Å². The summed E-state index contributed by atoms with van der Waals surface area (Å²) in [5.41, 5.74) is 1.24. The topological polar surface area (TPSA) is 56.7 Å². The van der Waals surface area contributed by atoms with Crippen LogP contribution in [-0.4, -0.2) is 25.6 Å². The number of halogens is 3. The summed E-state index contributed by atoms with van der Waals surface area (Å²) in [6, 6.07) is 2.86. The SMILES string of the molecule is Cc1nc(Cn2c(CCCl)nc3cc(Cl)c(F)cc32)no1. The highest BCUT2D eigenvalue weighted by atomic mass is 35.5. The van der Waals surface area contributed by atoms with Gasteiger partial charge in [0.25, 0.3) is 0 Å². The Morgan fingerprint density at radius 3 is 2.81 bits per heavy atom. The third-order valence-electron chi connectivity index (χ3n) is 3.06. The van der Waals surface area contributed by atoms with Gasteiger partial charge in [0.2, 0.25) is 5.89 Å². The van der Waals surface area contributed by atoms with E-state index in [0.29, 0.717) is 41.6 Å². The predicted octanol–water partition coefficient (Wildman–Crippen LogP) is 3.35. The Morgan fingerprint density at radius 1 is 1.33 bits per heavy atom. The summed E-state index contributed by atoms with van der Waals surface area (Å²) in [7, 11) is 0. The maximum absolute atomic E-state index is 13.7. The molecule has 0 N–H and O–H groups in total. The minimum Gasteiger partial charge on any atom is -0.340 e. The van der Waals surface area contributed by atoms with Gasteiger partial charge in [-0.05, 0) is 6.07 Å². The van der Waals surface area contributed by atoms with Gasteiger partial charge in [0.1, 0.15) is 11.6 Å². The van der Waals surface area contributed by atoms with Gasteiger partial charge in [-0.25, -0.2) is 9.37 Å². The quantitative estimate of drug-likeness (QED) is 0.689. The van der Waals surface area contributed by atoms with E-state index in [4.69, 9.17) is 27.7 Å². The Labute approximate surface area is 129 Å². The van der Waals surface area contributed by atoms with E-state index in [1.165, 1.54) is 12.1 Å². The van der Waals surface area contributed by atoms with Crippen molar-refractivity contribution in [1.82, 2.24) is 19.7 Å². The number of alkyl halides is 1. The largest absolute Gasteiger partial charge is 0.340 e. The molecule has 0 aliphatic rings. The van der Waals surface area contributed by atoms with Crippen LogP contribution in [0.4, 0.5) is 4.39 Å². The first kappa shape index (κ1) is 14.3. The second kappa shape index (κ2) is 5.61. The van der Waals surface area contributed by atoms with Crippen LogP contribution in [0.25, 0.3) is 11.0 Å². The molecule has 2 aromatic heterocycles. The molecule has 0 fully saturated rings. The zero-order valence-corrected chi connectivity index (χ0v) is 12.6. The summed E-state index contributed by atoms with van der Waals surface area (Å²) in [6.45, 7) is 2.04. The van der Waals surface area contributed by atoms with E-state index >= 15 is 0 Å². The van der Waals surface area contributed by atoms with Crippen LogP contribution < -0.4 is 0 Å². The Hall–Kier alpha value is -1.66. The van der Waals surface area contributed by atoms with E-state index in [9.17, 15) is 4.39 Å². The van der Waals surface area contributed by atoms with E-state index in [0.717, 1.165) is 5.82 Å². The molecule has 0 saturated carbocycles. The molecule has 0 amide bonds. The van der Waals surface area contributed by atoms with Crippen molar-refractivity contribution in [2.75, 3.05) is 5.88 Å². The van der Waals surface area contributed by atoms with Crippen LogP contribution in [0.15, 0.2) is 16.7 Å². The van der Waals surface area contributed by atoms with Crippen LogP contribution in [-0.2, 0) is 13.0 Å². The minimum absolute atomic E-state index is 0.0416. The molecule has 0 aliphatic heterocycles. The van der Waals surface area contributed by atoms with Crippen molar-refractivity contribution in [2.45, 2.75) is 19.9 Å². The molecular formula is C13H11Cl2FN4O. The van der Waals surface area contributed by atoms with Gasteiger partial charge in [-0.2, -0.15) is 4.98 Å². The van der Waals surface area contributed by atoms with Crippen LogP contribution >= 0.6 is 23.2 Å². The third kappa shape index (κ3) is 2.73. The van der Waals surface area contributed by atoms with Crippen LogP contribution in [0.1, 0.15) is 17.5 Å². The molecule has 0 radical (unpaired) electrons. The second-order valence-corrected chi connectivity index (χ2v) is 5.32. The van der Waals surface area contributed by atoms with Gasteiger partial charge < -0.3 is 9.09 Å². The maximum Gasteiger partial charge on any atom is 0.223 e. The number of aryl methyl sites for hydroxylation is 2. The lowest BCUT2D eigenvalue weighted by Gasteiger charge is -2.05. The molecule has 0 aliphatic carbocycles. The van der Waals surface area contributed by atoms with Crippen molar-refractivity contribution in [2.24, 2.45) is 0 Å². The number of hydrogen-bond donors (Lipinski definition) is 0. The molecule has 0 unspecified atom stereocenters. The molecule has 3 rings (SSSR count). The number of benzene rings is 1. The summed E-state index contributed by atoms with van der Waals surface area (Å²) in [5.74, 6) is 1.61. The summed E-state index contributed by atoms with van der Waals surface area (Å²) in [5, 5.41) is 3.89. The highest BCUT2D eigenvalue weighted by molar-refractivity contribution is 6.31. The molecule has 0 atom stereocenters. The number of hydrogen-bond acceptors (Lipinski definition) is 4. The van der Waals surface area contributed by atoms with Crippen LogP contribution in [0.5, 0.6) is 0 Å². The number of nitrogens with zero attached hydrogens (tertiary/aromatic N) is 4. The molecule has 110 valence electrons. The van der Waals surface area contributed by atoms with Gasteiger partial charge in [0.15, 0.2) is 5.82 Å². The van der Waals surface area contributed by atoms with Gasteiger partial charge in [-0.15, -0.1) is 11.6 Å². The molecule has 2 heterocycles. The summed E-state index contributed by atoms with van der Waals surface area (Å²) < 4.78 is 20.5. The lowest BCUT2D eigenvalue weighted by Crippen LogP contribution is -2.07. The zero-order chi connectivity index (χ0) is 15.0. The molecule has 0 saturated heterocycles. The molecule has 21 heavy (non-hydrogen) atoms. The molecule has 8 heteroatoms. The van der Waals surface area contributed by atoms with E-state index < -0.39 is 5.82 Å². The average molecular weight is 329 g/mol. The Balaban J connectivity index is 2.12. The fourth-order valence-corrected chi connectivity index (χ4v) is 2.50. The normalized spacial score (nSPS) is 11.4. The van der Waals surface area contributed by atoms with E-state index in [1.807, 2.05) is 4.57 Å². The smallest absolute Gasteiger partial charge is 0.223 e. The standard InChI is InChI=1S/C13H11Cl2FN4O/c1-7-17-12(19-21-7)6-20-11-5-9(16)8(15)4-10(11)18-13(20)2-3-14/h4-5H,2-3,6H2,1H3. The fourth-order valence-electron chi connectivity index (χ4n) is 2.17. The number of fused-ring (bicyclic) bond motifs is 1. The molecular weight excluding hydrogens is 318 g/mol. The van der Waals surface area contributed by atoms with Crippen molar-refractivity contribution in [3.8, 4) is 0 Å². The number of aromatic nitrogens is 4. The predicted molar refractivity (Wildman–Crippen MR) is 77.3 cm³/mol. The van der Waals surface area contributed by atoms with Crippen molar-refractivity contribution in [3.63, 3.8) is 0 Å². The van der Waals surface area contributed by atoms with Crippen molar-refractivity contribution in [1.29, 1.82) is 0 Å².